The van der Waals surface area contributed by atoms with E-state index in [0.717, 1.165) is 18.4 Å². The van der Waals surface area contributed by atoms with Crippen molar-refractivity contribution in [3.63, 3.8) is 0 Å². The van der Waals surface area contributed by atoms with Crippen LogP contribution >= 0.6 is 0 Å². The van der Waals surface area contributed by atoms with Gasteiger partial charge in [-0.15, -0.1) is 26.0 Å². The number of piperazine rings is 1. The molecule has 2 aliphatic heterocycles. The van der Waals surface area contributed by atoms with Crippen LogP contribution in [-0.2, 0) is 11.8 Å². The third-order valence-electron chi connectivity index (χ3n) is 7.01. The number of hydrogen-bond donors (Lipinski definition) is 0. The van der Waals surface area contributed by atoms with Gasteiger partial charge in [0.05, 0.1) is 11.4 Å². The molecule has 1 aliphatic carbocycles. The van der Waals surface area contributed by atoms with Crippen molar-refractivity contribution >= 4 is 0 Å². The number of nitrogens with zero attached hydrogens (tertiary/aromatic N) is 4. The fourth-order valence-corrected chi connectivity index (χ4v) is 4.92. The zero-order valence-electron chi connectivity index (χ0n) is 22.7. The Morgan fingerprint density at radius 1 is 1.03 bits per heavy atom. The maximum atomic E-state index is 4.64. The molecule has 0 radical (unpaired) electrons. The van der Waals surface area contributed by atoms with Gasteiger partial charge in [0.2, 0.25) is 0 Å². The van der Waals surface area contributed by atoms with E-state index in [9.17, 15) is 0 Å². The summed E-state index contributed by atoms with van der Waals surface area (Å²) in [5.74, 6) is 1.49. The molecule has 2 atom stereocenters. The van der Waals surface area contributed by atoms with E-state index >= 15 is 0 Å². The number of rotatable bonds is 3. The topological polar surface area (TPSA) is 32.3 Å². The van der Waals surface area contributed by atoms with Gasteiger partial charge in [0.15, 0.2) is 0 Å². The highest BCUT2D eigenvalue weighted by Gasteiger charge is 2.35. The summed E-state index contributed by atoms with van der Waals surface area (Å²) >= 11 is 0. The molecule has 35 heavy (non-hydrogen) atoms. The van der Waals surface area contributed by atoms with Crippen LogP contribution in [0.5, 0.6) is 0 Å². The van der Waals surface area contributed by atoms with E-state index in [-0.39, 0.29) is 5.41 Å². The van der Waals surface area contributed by atoms with E-state index in [1.807, 2.05) is 12.4 Å². The molecule has 2 saturated heterocycles. The van der Waals surface area contributed by atoms with Crippen LogP contribution in [0.2, 0.25) is 0 Å². The molecule has 4 nitrogen and oxygen atoms in total. The number of aryl methyl sites for hydroxylation is 1. The van der Waals surface area contributed by atoms with Crippen molar-refractivity contribution in [3.8, 4) is 12.8 Å². The van der Waals surface area contributed by atoms with Crippen LogP contribution < -0.4 is 0 Å². The van der Waals surface area contributed by atoms with Gasteiger partial charge in [0.1, 0.15) is 0 Å². The van der Waals surface area contributed by atoms with E-state index < -0.39 is 0 Å². The zero-order valence-corrected chi connectivity index (χ0v) is 22.7. The molecule has 1 unspecified atom stereocenters. The summed E-state index contributed by atoms with van der Waals surface area (Å²) in [6.45, 7) is 19.8. The molecule has 3 aliphatic rings. The average molecular weight is 475 g/mol. The van der Waals surface area contributed by atoms with Crippen molar-refractivity contribution in [2.45, 2.75) is 70.8 Å². The Morgan fingerprint density at radius 2 is 1.74 bits per heavy atom. The smallest absolute Gasteiger partial charge is 0.0617 e. The van der Waals surface area contributed by atoms with Crippen LogP contribution in [-0.4, -0.2) is 59.0 Å². The minimum atomic E-state index is 0.284. The van der Waals surface area contributed by atoms with Crippen molar-refractivity contribution in [1.29, 1.82) is 0 Å². The lowest BCUT2D eigenvalue weighted by Gasteiger charge is -2.35. The zero-order chi connectivity index (χ0) is 26.0. The van der Waals surface area contributed by atoms with Crippen molar-refractivity contribution in [2.24, 2.45) is 5.92 Å². The van der Waals surface area contributed by atoms with Gasteiger partial charge in [-0.05, 0) is 56.6 Å². The van der Waals surface area contributed by atoms with E-state index in [1.54, 1.807) is 0 Å². The third-order valence-corrected chi connectivity index (χ3v) is 7.01. The maximum absolute atomic E-state index is 4.64. The van der Waals surface area contributed by atoms with Crippen molar-refractivity contribution in [3.05, 3.63) is 72.3 Å². The summed E-state index contributed by atoms with van der Waals surface area (Å²) in [6.07, 6.45) is 17.1. The lowest BCUT2D eigenvalue weighted by Crippen LogP contribution is -2.48. The average Bonchev–Trinajstić information content (AvgIpc) is 3.62. The Labute approximate surface area is 214 Å². The second-order valence-electron chi connectivity index (χ2n) is 11.0. The number of benzene rings is 1. The van der Waals surface area contributed by atoms with Crippen LogP contribution in [0.15, 0.2) is 49.8 Å². The summed E-state index contributed by atoms with van der Waals surface area (Å²) in [6, 6.07) is 9.47. The second kappa shape index (κ2) is 13.6. The van der Waals surface area contributed by atoms with Gasteiger partial charge in [0, 0.05) is 50.5 Å². The van der Waals surface area contributed by atoms with E-state index in [4.69, 9.17) is 0 Å². The molecule has 1 saturated carbocycles. The predicted octanol–water partition coefficient (Wildman–Crippen LogP) is 5.88. The van der Waals surface area contributed by atoms with Crippen LogP contribution in [0, 0.1) is 25.7 Å². The Morgan fingerprint density at radius 3 is 2.29 bits per heavy atom. The molecule has 3 heterocycles. The van der Waals surface area contributed by atoms with E-state index in [2.05, 4.69) is 105 Å². The highest BCUT2D eigenvalue weighted by Crippen LogP contribution is 2.38. The minimum absolute atomic E-state index is 0.284. The third kappa shape index (κ3) is 8.91. The monoisotopic (exact) mass is 474 g/mol. The summed E-state index contributed by atoms with van der Waals surface area (Å²) in [7, 11) is 2.24. The molecule has 0 spiro atoms. The second-order valence-corrected chi connectivity index (χ2v) is 11.0. The Bertz CT molecular complexity index is 908. The van der Waals surface area contributed by atoms with Gasteiger partial charge in [-0.25, -0.2) is 0 Å². The van der Waals surface area contributed by atoms with Crippen LogP contribution in [0.4, 0.5) is 0 Å². The van der Waals surface area contributed by atoms with Crippen LogP contribution in [0.3, 0.4) is 0 Å². The molecular weight excluding hydrogens is 428 g/mol. The quantitative estimate of drug-likeness (QED) is 0.411. The normalized spacial score (nSPS) is 21.8. The Balaban J connectivity index is 0.000000246. The predicted molar refractivity (Wildman–Crippen MR) is 150 cm³/mol. The lowest BCUT2D eigenvalue weighted by molar-refractivity contribution is 0.124. The Kier molecular flexibility index (Phi) is 11.1. The largest absolute Gasteiger partial charge is 0.304 e. The molecule has 1 aromatic heterocycles. The van der Waals surface area contributed by atoms with Gasteiger partial charge >= 0.3 is 0 Å². The molecule has 0 N–H and O–H groups in total. The standard InChI is InChI=1S/C16H24N4.C11H16.C2H4.C2H2/c1-19-4-5-20-10-12(7-15(20)11-19)6-14-8-18-16(9-17-14)13-2-3-13;1-9-6-5-7-10(8-9)11(2,3)4;2*1-2/h8-9,12-13,15H,2-7,10-11H2,1H3;5-8H,1-4H3;1-2H2;1-2H/t12-,15?;;;/m1.../s1. The molecule has 190 valence electrons. The van der Waals surface area contributed by atoms with Crippen molar-refractivity contribution in [1.82, 2.24) is 19.8 Å². The first-order valence-corrected chi connectivity index (χ1v) is 12.9. The van der Waals surface area contributed by atoms with Gasteiger partial charge < -0.3 is 4.90 Å². The summed E-state index contributed by atoms with van der Waals surface area (Å²) in [5, 5.41) is 0. The van der Waals surface area contributed by atoms with Crippen LogP contribution in [0.25, 0.3) is 0 Å². The number of hydrogen-bond acceptors (Lipinski definition) is 4. The first-order valence-electron chi connectivity index (χ1n) is 12.9. The molecule has 0 bridgehead atoms. The molecular formula is C31H46N4. The first kappa shape index (κ1) is 28.8. The Hall–Kier alpha value is -2.48. The molecule has 3 fully saturated rings. The summed E-state index contributed by atoms with van der Waals surface area (Å²) < 4.78 is 0. The van der Waals surface area contributed by atoms with Gasteiger partial charge in [-0.2, -0.15) is 0 Å². The van der Waals surface area contributed by atoms with E-state index in [0.29, 0.717) is 5.92 Å². The molecule has 5 rings (SSSR count). The van der Waals surface area contributed by atoms with Gasteiger partial charge in [-0.1, -0.05) is 50.6 Å². The maximum Gasteiger partial charge on any atom is 0.0617 e. The molecule has 0 amide bonds. The van der Waals surface area contributed by atoms with E-state index in [1.165, 1.54) is 68.0 Å². The number of fused-ring (bicyclic) bond motifs is 1. The fourth-order valence-electron chi connectivity index (χ4n) is 4.92. The van der Waals surface area contributed by atoms with Gasteiger partial charge in [-0.3, -0.25) is 14.9 Å². The summed E-state index contributed by atoms with van der Waals surface area (Å²) in [5.41, 5.74) is 5.44. The minimum Gasteiger partial charge on any atom is -0.304 e. The van der Waals surface area contributed by atoms with Crippen molar-refractivity contribution < 1.29 is 0 Å². The van der Waals surface area contributed by atoms with Gasteiger partial charge in [0.25, 0.3) is 0 Å². The lowest BCUT2D eigenvalue weighted by atomic mass is 9.86. The fraction of sp³-hybridized carbons (Fsp3) is 0.548. The number of aromatic nitrogens is 2. The molecule has 2 aromatic rings. The molecule has 4 heteroatoms. The van der Waals surface area contributed by atoms with Crippen LogP contribution in [0.1, 0.15) is 68.5 Å². The van der Waals surface area contributed by atoms with Crippen molar-refractivity contribution in [2.75, 3.05) is 33.2 Å². The number of terminal acetylenes is 1. The summed E-state index contributed by atoms with van der Waals surface area (Å²) in [4.78, 5) is 14.4. The highest BCUT2D eigenvalue weighted by molar-refractivity contribution is 5.27. The highest BCUT2D eigenvalue weighted by atomic mass is 15.3. The number of likely N-dealkylation sites (N-methyl/N-ethyl adjacent to an activating group) is 1. The SMILES string of the molecule is C#C.C=C.CN1CCN2C[C@H](Cc3cnc(C4CC4)cn3)CC2C1.Cc1cccc(C(C)(C)C)c1. The molecule has 1 aromatic carbocycles. The first-order chi connectivity index (χ1) is 16.8.